The van der Waals surface area contributed by atoms with Gasteiger partial charge in [0.05, 0.1) is 5.69 Å². The van der Waals surface area contributed by atoms with Gasteiger partial charge in [0, 0.05) is 41.7 Å². The lowest BCUT2D eigenvalue weighted by Gasteiger charge is -2.18. The minimum atomic E-state index is 0.278. The molecule has 0 radical (unpaired) electrons. The zero-order valence-corrected chi connectivity index (χ0v) is 13.8. The van der Waals surface area contributed by atoms with E-state index in [1.165, 1.54) is 16.8 Å². The van der Waals surface area contributed by atoms with Crippen molar-refractivity contribution in [2.45, 2.75) is 32.7 Å². The number of rotatable bonds is 6. The second kappa shape index (κ2) is 6.99. The van der Waals surface area contributed by atoms with Crippen LogP contribution in [0.4, 0.5) is 0 Å². The van der Waals surface area contributed by atoms with E-state index in [1.54, 1.807) is 0 Å². The maximum atomic E-state index is 4.54. The Kier molecular flexibility index (Phi) is 5.31. The Morgan fingerprint density at radius 2 is 2.15 bits per heavy atom. The first kappa shape index (κ1) is 15.2. The van der Waals surface area contributed by atoms with Gasteiger partial charge in [-0.3, -0.25) is 9.67 Å². The number of nitrogens with zero attached hydrogens (tertiary/aromatic N) is 3. The van der Waals surface area contributed by atoms with Crippen LogP contribution in [0.15, 0.2) is 29.1 Å². The van der Waals surface area contributed by atoms with E-state index >= 15 is 0 Å². The summed E-state index contributed by atoms with van der Waals surface area (Å²) in [5.41, 5.74) is 3.68. The molecule has 0 saturated carbocycles. The van der Waals surface area contributed by atoms with Crippen LogP contribution in [-0.2, 0) is 19.9 Å². The number of aryl methyl sites for hydroxylation is 2. The van der Waals surface area contributed by atoms with Gasteiger partial charge in [0.25, 0.3) is 0 Å². The summed E-state index contributed by atoms with van der Waals surface area (Å²) in [5, 5.41) is 8.10. The molecule has 2 heterocycles. The molecular formula is C15H21BrN4. The highest BCUT2D eigenvalue weighted by molar-refractivity contribution is 9.10. The Morgan fingerprint density at radius 3 is 2.80 bits per heavy atom. The summed E-state index contributed by atoms with van der Waals surface area (Å²) < 4.78 is 2.92. The molecule has 0 amide bonds. The zero-order chi connectivity index (χ0) is 14.5. The molecule has 2 aromatic rings. The van der Waals surface area contributed by atoms with E-state index in [9.17, 15) is 0 Å². The van der Waals surface area contributed by atoms with E-state index in [0.29, 0.717) is 0 Å². The molecule has 0 aliphatic rings. The van der Waals surface area contributed by atoms with Crippen molar-refractivity contribution >= 4 is 15.9 Å². The third-order valence-electron chi connectivity index (χ3n) is 3.30. The number of likely N-dealkylation sites (N-methyl/N-ethyl adjacent to an activating group) is 1. The smallest absolute Gasteiger partial charge is 0.0669 e. The van der Waals surface area contributed by atoms with Gasteiger partial charge < -0.3 is 5.32 Å². The van der Waals surface area contributed by atoms with Crippen molar-refractivity contribution < 1.29 is 0 Å². The highest BCUT2D eigenvalue weighted by Gasteiger charge is 2.17. The van der Waals surface area contributed by atoms with Gasteiger partial charge in [0.15, 0.2) is 0 Å². The van der Waals surface area contributed by atoms with Crippen LogP contribution in [0.1, 0.15) is 36.7 Å². The monoisotopic (exact) mass is 336 g/mol. The van der Waals surface area contributed by atoms with E-state index in [2.05, 4.69) is 57.4 Å². The molecule has 0 fully saturated rings. The number of halogens is 1. The van der Waals surface area contributed by atoms with E-state index in [1.807, 2.05) is 24.1 Å². The molecule has 20 heavy (non-hydrogen) atoms. The number of nitrogens with one attached hydrogen (secondary N) is 1. The van der Waals surface area contributed by atoms with Gasteiger partial charge in [-0.05, 0) is 46.9 Å². The number of aromatic nitrogens is 3. The van der Waals surface area contributed by atoms with Crippen LogP contribution < -0.4 is 5.32 Å². The Hall–Kier alpha value is -1.20. The van der Waals surface area contributed by atoms with Gasteiger partial charge in [-0.1, -0.05) is 13.8 Å². The molecule has 5 heteroatoms. The largest absolute Gasteiger partial charge is 0.310 e. The van der Waals surface area contributed by atoms with Crippen LogP contribution in [0.2, 0.25) is 0 Å². The second-order valence-electron chi connectivity index (χ2n) is 4.88. The Balaban J connectivity index is 2.26. The van der Waals surface area contributed by atoms with Crippen molar-refractivity contribution in [3.05, 3.63) is 46.0 Å². The van der Waals surface area contributed by atoms with Crippen molar-refractivity contribution in [3.63, 3.8) is 0 Å². The fourth-order valence-corrected chi connectivity index (χ4v) is 2.87. The van der Waals surface area contributed by atoms with Gasteiger partial charge in [0.2, 0.25) is 0 Å². The fraction of sp³-hybridized carbons (Fsp3) is 0.467. The predicted molar refractivity (Wildman–Crippen MR) is 84.6 cm³/mol. The summed E-state index contributed by atoms with van der Waals surface area (Å²) in [6, 6.07) is 2.40. The second-order valence-corrected chi connectivity index (χ2v) is 5.80. The Labute approximate surface area is 128 Å². The third-order valence-corrected chi connectivity index (χ3v) is 3.73. The molecule has 108 valence electrons. The van der Waals surface area contributed by atoms with Gasteiger partial charge in [-0.25, -0.2) is 0 Å². The molecule has 0 bridgehead atoms. The molecule has 0 spiro atoms. The zero-order valence-electron chi connectivity index (χ0n) is 12.2. The average molecular weight is 337 g/mol. The topological polar surface area (TPSA) is 42.7 Å². The maximum Gasteiger partial charge on any atom is 0.0669 e. The van der Waals surface area contributed by atoms with Crippen LogP contribution in [0, 0.1) is 0 Å². The summed E-state index contributed by atoms with van der Waals surface area (Å²) in [7, 11) is 1.98. The molecular weight excluding hydrogens is 316 g/mol. The van der Waals surface area contributed by atoms with Crippen LogP contribution in [-0.4, -0.2) is 21.3 Å². The molecule has 1 N–H and O–H groups in total. The van der Waals surface area contributed by atoms with Crippen LogP contribution in [0.25, 0.3) is 0 Å². The van der Waals surface area contributed by atoms with Crippen molar-refractivity contribution in [1.82, 2.24) is 20.1 Å². The van der Waals surface area contributed by atoms with Crippen LogP contribution in [0.5, 0.6) is 0 Å². The number of hydrogen-bond acceptors (Lipinski definition) is 3. The fourth-order valence-electron chi connectivity index (χ4n) is 2.46. The van der Waals surface area contributed by atoms with Crippen molar-refractivity contribution in [3.8, 4) is 0 Å². The lowest BCUT2D eigenvalue weighted by Crippen LogP contribution is -2.23. The number of hydrogen-bond donors (Lipinski definition) is 1. The molecule has 4 nitrogen and oxygen atoms in total. The number of pyridine rings is 1. The summed E-state index contributed by atoms with van der Waals surface area (Å²) in [4.78, 5) is 4.24. The first-order valence-electron chi connectivity index (χ1n) is 6.99. The van der Waals surface area contributed by atoms with Gasteiger partial charge in [-0.2, -0.15) is 5.10 Å². The third kappa shape index (κ3) is 3.67. The molecule has 0 aromatic carbocycles. The van der Waals surface area contributed by atoms with Gasteiger partial charge in [-0.15, -0.1) is 0 Å². The SMILES string of the molecule is CCNC(Cc1cncc(Br)c1)c1cn(C)nc1CC. The molecule has 2 rings (SSSR count). The highest BCUT2D eigenvalue weighted by Crippen LogP contribution is 2.22. The summed E-state index contributed by atoms with van der Waals surface area (Å²) >= 11 is 3.48. The molecule has 1 unspecified atom stereocenters. The lowest BCUT2D eigenvalue weighted by molar-refractivity contribution is 0.545. The molecule has 0 saturated heterocycles. The molecule has 0 aliphatic heterocycles. The average Bonchev–Trinajstić information content (AvgIpc) is 2.79. The summed E-state index contributed by atoms with van der Waals surface area (Å²) in [6.45, 7) is 5.22. The molecule has 2 aromatic heterocycles. The quantitative estimate of drug-likeness (QED) is 0.881. The van der Waals surface area contributed by atoms with E-state index in [0.717, 1.165) is 23.9 Å². The van der Waals surface area contributed by atoms with Crippen molar-refractivity contribution in [2.75, 3.05) is 6.54 Å². The first-order chi connectivity index (χ1) is 9.63. The molecule has 0 aliphatic carbocycles. The lowest BCUT2D eigenvalue weighted by atomic mass is 9.99. The molecule has 1 atom stereocenters. The van der Waals surface area contributed by atoms with Gasteiger partial charge in [0.1, 0.15) is 0 Å². The minimum Gasteiger partial charge on any atom is -0.310 e. The van der Waals surface area contributed by atoms with E-state index in [-0.39, 0.29) is 6.04 Å². The predicted octanol–water partition coefficient (Wildman–Crippen LogP) is 3.03. The van der Waals surface area contributed by atoms with E-state index < -0.39 is 0 Å². The van der Waals surface area contributed by atoms with Gasteiger partial charge >= 0.3 is 0 Å². The summed E-state index contributed by atoms with van der Waals surface area (Å²) in [6.07, 6.45) is 7.73. The maximum absolute atomic E-state index is 4.54. The van der Waals surface area contributed by atoms with E-state index in [4.69, 9.17) is 0 Å². The Bertz CT molecular complexity index is 565. The van der Waals surface area contributed by atoms with Crippen LogP contribution >= 0.6 is 15.9 Å². The standard InChI is InChI=1S/C15H21BrN4/c1-4-14-13(10-20(3)19-14)15(18-5-2)7-11-6-12(16)9-17-8-11/h6,8-10,15,18H,4-5,7H2,1-3H3. The highest BCUT2D eigenvalue weighted by atomic mass is 79.9. The van der Waals surface area contributed by atoms with Crippen molar-refractivity contribution in [1.29, 1.82) is 0 Å². The first-order valence-corrected chi connectivity index (χ1v) is 7.78. The van der Waals surface area contributed by atoms with Crippen LogP contribution in [0.3, 0.4) is 0 Å². The van der Waals surface area contributed by atoms with Crippen molar-refractivity contribution in [2.24, 2.45) is 7.05 Å². The Morgan fingerprint density at radius 1 is 1.35 bits per heavy atom. The minimum absolute atomic E-state index is 0.278. The normalized spacial score (nSPS) is 12.6. The summed E-state index contributed by atoms with van der Waals surface area (Å²) in [5.74, 6) is 0.